The summed E-state index contributed by atoms with van der Waals surface area (Å²) in [5.74, 6) is -0.00368. The molecule has 3 aromatic heterocycles. The molecule has 1 N–H and O–H groups in total. The van der Waals surface area contributed by atoms with Crippen LogP contribution in [0.4, 0.5) is 13.2 Å². The van der Waals surface area contributed by atoms with E-state index < -0.39 is 32.6 Å². The molecule has 0 aliphatic heterocycles. The molecule has 4 rings (SSSR count). The van der Waals surface area contributed by atoms with Gasteiger partial charge in [0.25, 0.3) is 5.56 Å². The Balaban J connectivity index is 2.04. The van der Waals surface area contributed by atoms with E-state index in [1.165, 1.54) is 30.8 Å². The number of pyridine rings is 2. The lowest BCUT2D eigenvalue weighted by atomic mass is 9.99. The van der Waals surface area contributed by atoms with Gasteiger partial charge < -0.3 is 9.13 Å². The van der Waals surface area contributed by atoms with Crippen LogP contribution in [-0.2, 0) is 34.9 Å². The summed E-state index contributed by atoms with van der Waals surface area (Å²) in [5.41, 5.74) is -2.33. The number of nitriles is 1. The standard InChI is InChI=1S/C21H21F3N6O2S/c1-4-30-15(21(22,23)24)9-13-17(19(30)31)29(3)18(28-13)16-14(33(26,32)5-2)8-12(10-27-16)20(11-25)6-7-20/h8-10,26H,4-7H2,1-3H3. The Hall–Kier alpha value is -3.20. The molecule has 0 saturated heterocycles. The Labute approximate surface area is 187 Å². The summed E-state index contributed by atoms with van der Waals surface area (Å²) in [4.78, 5) is 21.6. The number of rotatable bonds is 5. The average molecular weight is 479 g/mol. The van der Waals surface area contributed by atoms with Gasteiger partial charge in [0.15, 0.2) is 5.82 Å². The van der Waals surface area contributed by atoms with E-state index in [0.717, 1.165) is 6.07 Å². The van der Waals surface area contributed by atoms with Crippen LogP contribution < -0.4 is 5.56 Å². The van der Waals surface area contributed by atoms with Crippen LogP contribution in [0.2, 0.25) is 0 Å². The zero-order valence-electron chi connectivity index (χ0n) is 18.2. The summed E-state index contributed by atoms with van der Waals surface area (Å²) in [7, 11) is -1.87. The highest BCUT2D eigenvalue weighted by molar-refractivity contribution is 7.92. The zero-order valence-corrected chi connectivity index (χ0v) is 19.0. The maximum atomic E-state index is 13.5. The number of hydrogen-bond acceptors (Lipinski definition) is 6. The van der Waals surface area contributed by atoms with Crippen LogP contribution in [0.25, 0.3) is 22.6 Å². The van der Waals surface area contributed by atoms with Crippen molar-refractivity contribution in [2.45, 2.75) is 49.7 Å². The minimum Gasteiger partial charge on any atom is -0.321 e. The molecular formula is C21H21F3N6O2S. The van der Waals surface area contributed by atoms with Crippen molar-refractivity contribution in [3.63, 3.8) is 0 Å². The Kier molecular flexibility index (Phi) is 5.16. The Morgan fingerprint density at radius 1 is 1.30 bits per heavy atom. The maximum absolute atomic E-state index is 13.5. The van der Waals surface area contributed by atoms with Crippen LogP contribution in [0.5, 0.6) is 0 Å². The molecule has 3 heterocycles. The highest BCUT2D eigenvalue weighted by Crippen LogP contribution is 2.48. The molecule has 3 aromatic rings. The van der Waals surface area contributed by atoms with Gasteiger partial charge in [-0.3, -0.25) is 9.78 Å². The minimum absolute atomic E-state index is 0.0286. The molecule has 8 nitrogen and oxygen atoms in total. The predicted molar refractivity (Wildman–Crippen MR) is 115 cm³/mol. The number of nitrogens with one attached hydrogen (secondary N) is 1. The van der Waals surface area contributed by atoms with E-state index in [4.69, 9.17) is 4.78 Å². The van der Waals surface area contributed by atoms with E-state index in [2.05, 4.69) is 16.0 Å². The quantitative estimate of drug-likeness (QED) is 0.598. The number of aryl methyl sites for hydroxylation is 1. The van der Waals surface area contributed by atoms with Crippen molar-refractivity contribution >= 4 is 20.8 Å². The molecule has 174 valence electrons. The normalized spacial score (nSPS) is 17.0. The third kappa shape index (κ3) is 3.51. The number of aromatic nitrogens is 4. The molecule has 1 aliphatic rings. The highest BCUT2D eigenvalue weighted by Gasteiger charge is 2.46. The average Bonchev–Trinajstić information content (AvgIpc) is 3.50. The van der Waals surface area contributed by atoms with Crippen molar-refractivity contribution in [3.05, 3.63) is 39.9 Å². The molecule has 1 unspecified atom stereocenters. The first-order valence-corrected chi connectivity index (χ1v) is 12.0. The van der Waals surface area contributed by atoms with E-state index in [0.29, 0.717) is 23.0 Å². The van der Waals surface area contributed by atoms with Crippen molar-refractivity contribution in [1.29, 1.82) is 10.0 Å². The van der Waals surface area contributed by atoms with Crippen molar-refractivity contribution in [2.24, 2.45) is 7.05 Å². The number of alkyl halides is 3. The molecule has 1 saturated carbocycles. The molecule has 0 radical (unpaired) electrons. The van der Waals surface area contributed by atoms with Crippen LogP contribution in [0.3, 0.4) is 0 Å². The van der Waals surface area contributed by atoms with Crippen LogP contribution >= 0.6 is 0 Å². The molecule has 1 fully saturated rings. The van der Waals surface area contributed by atoms with E-state index in [1.54, 1.807) is 6.92 Å². The van der Waals surface area contributed by atoms with Crippen molar-refractivity contribution in [2.75, 3.05) is 5.75 Å². The second-order valence-electron chi connectivity index (χ2n) is 8.03. The monoisotopic (exact) mass is 478 g/mol. The summed E-state index contributed by atoms with van der Waals surface area (Å²) in [5, 5.41) is 9.52. The molecule has 0 aromatic carbocycles. The van der Waals surface area contributed by atoms with Gasteiger partial charge in [0.2, 0.25) is 0 Å². The second-order valence-corrected chi connectivity index (χ2v) is 10.4. The summed E-state index contributed by atoms with van der Waals surface area (Å²) in [6, 6.07) is 4.56. The lowest BCUT2D eigenvalue weighted by Crippen LogP contribution is -2.28. The smallest absolute Gasteiger partial charge is 0.321 e. The summed E-state index contributed by atoms with van der Waals surface area (Å²) < 4.78 is 64.0. The van der Waals surface area contributed by atoms with Gasteiger partial charge in [0, 0.05) is 25.5 Å². The van der Waals surface area contributed by atoms with Gasteiger partial charge in [0.1, 0.15) is 16.9 Å². The first-order chi connectivity index (χ1) is 15.4. The predicted octanol–water partition coefficient (Wildman–Crippen LogP) is 3.82. The van der Waals surface area contributed by atoms with Gasteiger partial charge in [-0.15, -0.1) is 0 Å². The topological polar surface area (TPSA) is 117 Å². The molecule has 0 bridgehead atoms. The highest BCUT2D eigenvalue weighted by atomic mass is 32.2. The molecule has 0 spiro atoms. The van der Waals surface area contributed by atoms with E-state index >= 15 is 0 Å². The lowest BCUT2D eigenvalue weighted by Gasteiger charge is -2.15. The van der Waals surface area contributed by atoms with Gasteiger partial charge in [-0.1, -0.05) is 6.92 Å². The van der Waals surface area contributed by atoms with Gasteiger partial charge in [-0.2, -0.15) is 18.4 Å². The third-order valence-corrected chi connectivity index (χ3v) is 7.92. The fraction of sp³-hybridized carbons (Fsp3) is 0.429. The number of fused-ring (bicyclic) bond motifs is 1. The number of imidazole rings is 1. The molecule has 1 atom stereocenters. The maximum Gasteiger partial charge on any atom is 0.431 e. The van der Waals surface area contributed by atoms with E-state index in [-0.39, 0.29) is 39.7 Å². The molecular weight excluding hydrogens is 457 g/mol. The van der Waals surface area contributed by atoms with E-state index in [9.17, 15) is 27.4 Å². The number of hydrogen-bond donors (Lipinski definition) is 1. The van der Waals surface area contributed by atoms with Gasteiger partial charge in [0.05, 0.1) is 31.6 Å². The molecule has 1 aliphatic carbocycles. The molecule has 12 heteroatoms. The fourth-order valence-electron chi connectivity index (χ4n) is 3.95. The van der Waals surface area contributed by atoms with Crippen molar-refractivity contribution in [3.8, 4) is 17.6 Å². The first kappa shape index (κ1) is 23.0. The van der Waals surface area contributed by atoms with Crippen molar-refractivity contribution < 1.29 is 17.4 Å². The minimum atomic E-state index is -4.75. The van der Waals surface area contributed by atoms with Crippen LogP contribution in [-0.4, -0.2) is 29.1 Å². The lowest BCUT2D eigenvalue weighted by molar-refractivity contribution is -0.144. The van der Waals surface area contributed by atoms with E-state index in [1.807, 2.05) is 0 Å². The van der Waals surface area contributed by atoms with Crippen molar-refractivity contribution in [1.82, 2.24) is 19.1 Å². The van der Waals surface area contributed by atoms with Gasteiger partial charge >= 0.3 is 6.18 Å². The zero-order chi connectivity index (χ0) is 24.3. The Bertz CT molecular complexity index is 1490. The Morgan fingerprint density at radius 2 is 1.97 bits per heavy atom. The molecule has 33 heavy (non-hydrogen) atoms. The van der Waals surface area contributed by atoms with Crippen LogP contribution in [0.15, 0.2) is 28.0 Å². The van der Waals surface area contributed by atoms with Crippen LogP contribution in [0, 0.1) is 16.1 Å². The fourth-order valence-corrected chi connectivity index (χ4v) is 5.03. The SMILES string of the molecule is CCn1c(C(F)(F)F)cc2nc(-c3ncc(C4(C#N)CC4)cc3S(=N)(=O)CC)n(C)c2c1=O. The summed E-state index contributed by atoms with van der Waals surface area (Å²) in [6.07, 6.45) is -2.05. The second kappa shape index (κ2) is 7.41. The largest absolute Gasteiger partial charge is 0.431 e. The number of halogens is 3. The van der Waals surface area contributed by atoms with Crippen LogP contribution in [0.1, 0.15) is 37.9 Å². The van der Waals surface area contributed by atoms with Gasteiger partial charge in [-0.05, 0) is 37.5 Å². The molecule has 0 amide bonds. The number of nitrogens with zero attached hydrogens (tertiary/aromatic N) is 5. The first-order valence-electron chi connectivity index (χ1n) is 10.3. The summed E-state index contributed by atoms with van der Waals surface area (Å²) >= 11 is 0. The van der Waals surface area contributed by atoms with Gasteiger partial charge in [-0.25, -0.2) is 14.0 Å². The summed E-state index contributed by atoms with van der Waals surface area (Å²) in [6.45, 7) is 2.83. The third-order valence-electron chi connectivity index (χ3n) is 6.08. The Morgan fingerprint density at radius 3 is 2.48 bits per heavy atom.